The second kappa shape index (κ2) is 7.88. The highest BCUT2D eigenvalue weighted by Crippen LogP contribution is 2.20. The molecule has 17 heavy (non-hydrogen) atoms. The van der Waals surface area contributed by atoms with E-state index in [2.05, 4.69) is 39.1 Å². The van der Waals surface area contributed by atoms with Crippen LogP contribution in [0.25, 0.3) is 0 Å². The van der Waals surface area contributed by atoms with Gasteiger partial charge in [-0.2, -0.15) is 0 Å². The van der Waals surface area contributed by atoms with Crippen molar-refractivity contribution in [3.05, 3.63) is 11.6 Å². The molecule has 0 saturated carbocycles. The molecule has 1 aliphatic heterocycles. The number of rotatable bonds is 6. The molecule has 0 aromatic carbocycles. The molecule has 0 amide bonds. The molecule has 0 aromatic rings. The van der Waals surface area contributed by atoms with Gasteiger partial charge in [0, 0.05) is 19.8 Å². The molecule has 2 heteroatoms. The second-order valence-corrected chi connectivity index (χ2v) is 5.87. The van der Waals surface area contributed by atoms with Crippen LogP contribution in [0.4, 0.5) is 0 Å². The molecule has 0 aliphatic carbocycles. The molecule has 2 nitrogen and oxygen atoms in total. The van der Waals surface area contributed by atoms with Crippen LogP contribution in [0.2, 0.25) is 0 Å². The molecule has 0 aromatic heterocycles. The van der Waals surface area contributed by atoms with Gasteiger partial charge in [0.05, 0.1) is 0 Å². The Morgan fingerprint density at radius 1 is 1.24 bits per heavy atom. The van der Waals surface area contributed by atoms with Crippen molar-refractivity contribution in [1.82, 2.24) is 5.32 Å². The molecular weight excluding hydrogens is 210 g/mol. The Hall–Kier alpha value is -0.340. The lowest BCUT2D eigenvalue weighted by atomic mass is 9.93. The number of nitrogens with one attached hydrogen (secondary N) is 1. The van der Waals surface area contributed by atoms with E-state index in [1.165, 1.54) is 12.8 Å². The fraction of sp³-hybridized carbons (Fsp3) is 0.867. The Kier molecular flexibility index (Phi) is 6.83. The van der Waals surface area contributed by atoms with E-state index >= 15 is 0 Å². The van der Waals surface area contributed by atoms with E-state index in [9.17, 15) is 0 Å². The summed E-state index contributed by atoms with van der Waals surface area (Å²) in [7, 11) is 0. The zero-order valence-electron chi connectivity index (χ0n) is 12.0. The molecular formula is C15H29NO. The molecule has 0 atom stereocenters. The van der Waals surface area contributed by atoms with Crippen LogP contribution >= 0.6 is 0 Å². The highest BCUT2D eigenvalue weighted by molar-refractivity contribution is 5.09. The zero-order chi connectivity index (χ0) is 12.7. The van der Waals surface area contributed by atoms with Gasteiger partial charge in [0.1, 0.15) is 0 Å². The van der Waals surface area contributed by atoms with E-state index in [1.807, 2.05) is 0 Å². The standard InChI is InChI=1S/C15H29NO/c1-12(2)10-16-11-15(13(3)4)9-14-5-7-17-8-6-14/h9,12-14,16H,5-8,10-11H2,1-4H3. The van der Waals surface area contributed by atoms with Crippen molar-refractivity contribution in [1.29, 1.82) is 0 Å². The smallest absolute Gasteiger partial charge is 0.0471 e. The summed E-state index contributed by atoms with van der Waals surface area (Å²) in [6.07, 6.45) is 4.89. The van der Waals surface area contributed by atoms with Gasteiger partial charge in [-0.25, -0.2) is 0 Å². The first-order valence-electron chi connectivity index (χ1n) is 7.08. The van der Waals surface area contributed by atoms with Crippen LogP contribution in [0.3, 0.4) is 0 Å². The van der Waals surface area contributed by atoms with Crippen molar-refractivity contribution in [3.63, 3.8) is 0 Å². The van der Waals surface area contributed by atoms with Gasteiger partial charge >= 0.3 is 0 Å². The van der Waals surface area contributed by atoms with Crippen LogP contribution in [-0.4, -0.2) is 26.3 Å². The Bertz CT molecular complexity index is 227. The molecule has 100 valence electrons. The summed E-state index contributed by atoms with van der Waals surface area (Å²) < 4.78 is 5.41. The van der Waals surface area contributed by atoms with Gasteiger partial charge in [0.15, 0.2) is 0 Å². The van der Waals surface area contributed by atoms with Crippen LogP contribution in [0, 0.1) is 17.8 Å². The van der Waals surface area contributed by atoms with Gasteiger partial charge in [0.25, 0.3) is 0 Å². The van der Waals surface area contributed by atoms with Crippen molar-refractivity contribution in [2.24, 2.45) is 17.8 Å². The summed E-state index contributed by atoms with van der Waals surface area (Å²) in [5.74, 6) is 2.12. The Labute approximate surface area is 107 Å². The van der Waals surface area contributed by atoms with Crippen molar-refractivity contribution in [2.75, 3.05) is 26.3 Å². The summed E-state index contributed by atoms with van der Waals surface area (Å²) in [5, 5.41) is 3.56. The molecule has 0 spiro atoms. The second-order valence-electron chi connectivity index (χ2n) is 5.87. The zero-order valence-corrected chi connectivity index (χ0v) is 12.0. The first kappa shape index (κ1) is 14.7. The highest BCUT2D eigenvalue weighted by atomic mass is 16.5. The topological polar surface area (TPSA) is 21.3 Å². The van der Waals surface area contributed by atoms with Gasteiger partial charge in [-0.3, -0.25) is 0 Å². The molecule has 0 radical (unpaired) electrons. The fourth-order valence-electron chi connectivity index (χ4n) is 2.15. The Morgan fingerprint density at radius 3 is 2.41 bits per heavy atom. The van der Waals surface area contributed by atoms with Crippen LogP contribution in [0.5, 0.6) is 0 Å². The average molecular weight is 239 g/mol. The summed E-state index contributed by atoms with van der Waals surface area (Å²) in [6, 6.07) is 0. The predicted octanol–water partition coefficient (Wildman–Crippen LogP) is 3.24. The van der Waals surface area contributed by atoms with E-state index in [1.54, 1.807) is 5.57 Å². The van der Waals surface area contributed by atoms with E-state index < -0.39 is 0 Å². The van der Waals surface area contributed by atoms with Gasteiger partial charge in [0.2, 0.25) is 0 Å². The predicted molar refractivity (Wildman–Crippen MR) is 74.2 cm³/mol. The lowest BCUT2D eigenvalue weighted by molar-refractivity contribution is 0.0782. The first-order valence-corrected chi connectivity index (χ1v) is 7.08. The van der Waals surface area contributed by atoms with E-state index in [0.29, 0.717) is 5.92 Å². The number of ether oxygens (including phenoxy) is 1. The first-order chi connectivity index (χ1) is 8.09. The van der Waals surface area contributed by atoms with Crippen molar-refractivity contribution in [2.45, 2.75) is 40.5 Å². The molecule has 1 aliphatic rings. The lowest BCUT2D eigenvalue weighted by Crippen LogP contribution is -2.24. The summed E-state index contributed by atoms with van der Waals surface area (Å²) in [5.41, 5.74) is 1.57. The quantitative estimate of drug-likeness (QED) is 0.718. The monoisotopic (exact) mass is 239 g/mol. The van der Waals surface area contributed by atoms with Crippen molar-refractivity contribution in [3.8, 4) is 0 Å². The van der Waals surface area contributed by atoms with Crippen LogP contribution < -0.4 is 5.32 Å². The summed E-state index contributed by atoms with van der Waals surface area (Å²) in [6.45, 7) is 13.1. The van der Waals surface area contributed by atoms with E-state index in [-0.39, 0.29) is 0 Å². The summed E-state index contributed by atoms with van der Waals surface area (Å²) >= 11 is 0. The van der Waals surface area contributed by atoms with Crippen LogP contribution in [0.1, 0.15) is 40.5 Å². The van der Waals surface area contributed by atoms with E-state index in [0.717, 1.165) is 38.1 Å². The van der Waals surface area contributed by atoms with Crippen LogP contribution in [-0.2, 0) is 4.74 Å². The molecule has 0 bridgehead atoms. The number of hydrogen-bond acceptors (Lipinski definition) is 2. The molecule has 1 rings (SSSR count). The van der Waals surface area contributed by atoms with Gasteiger partial charge in [-0.1, -0.05) is 39.3 Å². The molecule has 1 fully saturated rings. The maximum Gasteiger partial charge on any atom is 0.0471 e. The van der Waals surface area contributed by atoms with Crippen molar-refractivity contribution < 1.29 is 4.74 Å². The SMILES string of the molecule is CC(C)CNCC(=CC1CCOCC1)C(C)C. The highest BCUT2D eigenvalue weighted by Gasteiger charge is 2.13. The fourth-order valence-corrected chi connectivity index (χ4v) is 2.15. The molecule has 0 unspecified atom stereocenters. The number of allylic oxidation sites excluding steroid dienone is 1. The molecule has 1 saturated heterocycles. The maximum atomic E-state index is 5.41. The average Bonchev–Trinajstić information content (AvgIpc) is 2.28. The minimum atomic E-state index is 0.650. The third kappa shape index (κ3) is 6.23. The minimum absolute atomic E-state index is 0.650. The molecule has 1 heterocycles. The number of hydrogen-bond donors (Lipinski definition) is 1. The van der Waals surface area contributed by atoms with Crippen molar-refractivity contribution >= 4 is 0 Å². The largest absolute Gasteiger partial charge is 0.381 e. The third-order valence-electron chi connectivity index (χ3n) is 3.34. The maximum absolute atomic E-state index is 5.41. The van der Waals surface area contributed by atoms with Crippen LogP contribution in [0.15, 0.2) is 11.6 Å². The molecule has 1 N–H and O–H groups in total. The minimum Gasteiger partial charge on any atom is -0.381 e. The Balaban J connectivity index is 2.42. The normalized spacial score (nSPS) is 19.3. The summed E-state index contributed by atoms with van der Waals surface area (Å²) in [4.78, 5) is 0. The third-order valence-corrected chi connectivity index (χ3v) is 3.34. The lowest BCUT2D eigenvalue weighted by Gasteiger charge is -2.22. The van der Waals surface area contributed by atoms with Gasteiger partial charge in [-0.05, 0) is 37.1 Å². The van der Waals surface area contributed by atoms with Gasteiger partial charge < -0.3 is 10.1 Å². The van der Waals surface area contributed by atoms with Gasteiger partial charge in [-0.15, -0.1) is 0 Å². The van der Waals surface area contributed by atoms with E-state index in [4.69, 9.17) is 4.74 Å². The Morgan fingerprint density at radius 2 is 1.88 bits per heavy atom.